The van der Waals surface area contributed by atoms with E-state index >= 15 is 0 Å². The summed E-state index contributed by atoms with van der Waals surface area (Å²) in [6, 6.07) is 7.39. The number of pyridine rings is 1. The van der Waals surface area contributed by atoms with Crippen LogP contribution in [0.3, 0.4) is 0 Å². The van der Waals surface area contributed by atoms with Crippen molar-refractivity contribution >= 4 is 29.0 Å². The van der Waals surface area contributed by atoms with Crippen molar-refractivity contribution in [1.82, 2.24) is 9.71 Å². The zero-order chi connectivity index (χ0) is 23.2. The van der Waals surface area contributed by atoms with Crippen molar-refractivity contribution in [3.05, 3.63) is 59.4 Å². The number of anilines is 1. The van der Waals surface area contributed by atoms with Crippen molar-refractivity contribution in [3.63, 3.8) is 0 Å². The first-order valence-electron chi connectivity index (χ1n) is 8.97. The highest BCUT2D eigenvalue weighted by atomic mass is 32.2. The summed E-state index contributed by atoms with van der Waals surface area (Å²) in [7, 11) is 0. The lowest BCUT2D eigenvalue weighted by atomic mass is 10.1. The molecular formula is C21H24N4O5S. The van der Waals surface area contributed by atoms with Gasteiger partial charge in [-0.05, 0) is 38.1 Å². The number of aromatic nitrogens is 1. The highest BCUT2D eigenvalue weighted by molar-refractivity contribution is 7.88. The quantitative estimate of drug-likeness (QED) is 0.158. The predicted molar refractivity (Wildman–Crippen MR) is 119 cm³/mol. The first kappa shape index (κ1) is 24.2. The highest BCUT2D eigenvalue weighted by Crippen LogP contribution is 2.30. The molecule has 0 radical (unpaired) electrons. The van der Waals surface area contributed by atoms with E-state index in [9.17, 15) is 19.9 Å². The molecule has 1 heterocycles. The smallest absolute Gasteiger partial charge is 0.351 e. The van der Waals surface area contributed by atoms with Crippen molar-refractivity contribution in [2.24, 2.45) is 0 Å². The van der Waals surface area contributed by atoms with Crippen molar-refractivity contribution in [2.75, 3.05) is 12.0 Å². The van der Waals surface area contributed by atoms with Gasteiger partial charge in [-0.15, -0.1) is 0 Å². The molecule has 1 atom stereocenters. The molecule has 9 nitrogen and oxygen atoms in total. The molecule has 1 aromatic carbocycles. The number of benzene rings is 1. The third-order valence-electron chi connectivity index (χ3n) is 3.75. The normalized spacial score (nSPS) is 13.1. The molecule has 0 bridgehead atoms. The number of nitrogens with zero attached hydrogens (tertiary/aromatic N) is 1. The minimum atomic E-state index is -2.77. The van der Waals surface area contributed by atoms with E-state index in [1.54, 1.807) is 12.1 Å². The summed E-state index contributed by atoms with van der Waals surface area (Å²) in [6.45, 7) is 3.06. The number of nitrogens with one attached hydrogen (secondary N) is 2. The van der Waals surface area contributed by atoms with Gasteiger partial charge in [-0.2, -0.15) is 0 Å². The largest absolute Gasteiger partial charge is 0.593 e. The average Bonchev–Trinajstić information content (AvgIpc) is 2.68. The van der Waals surface area contributed by atoms with Crippen LogP contribution in [0.1, 0.15) is 30.5 Å². The molecule has 0 aliphatic heterocycles. The van der Waals surface area contributed by atoms with Gasteiger partial charge in [0.1, 0.15) is 11.9 Å². The Labute approximate surface area is 183 Å². The van der Waals surface area contributed by atoms with Crippen molar-refractivity contribution in [1.29, 1.82) is 5.41 Å². The Kier molecular flexibility index (Phi) is 7.67. The van der Waals surface area contributed by atoms with E-state index in [0.717, 1.165) is 6.21 Å². The Bertz CT molecular complexity index is 1040. The summed E-state index contributed by atoms with van der Waals surface area (Å²) in [5.74, 6) is 2.38. The van der Waals surface area contributed by atoms with E-state index in [1.807, 2.05) is 0 Å². The Hall–Kier alpha value is -3.07. The van der Waals surface area contributed by atoms with Gasteiger partial charge in [0.2, 0.25) is 0 Å². The fourth-order valence-electron chi connectivity index (χ4n) is 2.29. The molecule has 10 heteroatoms. The Morgan fingerprint density at radius 2 is 2.03 bits per heavy atom. The number of nitrogens with two attached hydrogens (primary N) is 1. The molecule has 1 unspecified atom stereocenters. The van der Waals surface area contributed by atoms with E-state index in [2.05, 4.69) is 21.5 Å². The second-order valence-electron chi connectivity index (χ2n) is 7.02. The van der Waals surface area contributed by atoms with Gasteiger partial charge in [0.15, 0.2) is 11.6 Å². The Morgan fingerprint density at radius 3 is 2.65 bits per heavy atom. The average molecular weight is 445 g/mol. The van der Waals surface area contributed by atoms with E-state index in [0.29, 0.717) is 16.7 Å². The van der Waals surface area contributed by atoms with Crippen LogP contribution in [0, 0.1) is 17.3 Å². The second kappa shape index (κ2) is 9.82. The molecule has 164 valence electrons. The lowest BCUT2D eigenvalue weighted by Crippen LogP contribution is -2.32. The van der Waals surface area contributed by atoms with Crippen LogP contribution in [0.25, 0.3) is 5.57 Å². The SMILES string of the molecule is C[S+]([O-])N/C=C(\C=N)c1cnc(N)c(OC(O)(O)c2cccc(C#CC(C)(C)O)c2)c1. The maximum atomic E-state index is 11.2. The fourth-order valence-corrected chi connectivity index (χ4v) is 2.58. The van der Waals surface area contributed by atoms with Gasteiger partial charge in [-0.25, -0.2) is 9.71 Å². The topological polar surface area (TPSA) is 168 Å². The molecule has 2 aromatic rings. The first-order valence-corrected chi connectivity index (χ1v) is 10.5. The summed E-state index contributed by atoms with van der Waals surface area (Å²) in [4.78, 5) is 3.96. The first-order chi connectivity index (χ1) is 14.4. The number of rotatable bonds is 7. The zero-order valence-corrected chi connectivity index (χ0v) is 18.0. The molecule has 0 saturated carbocycles. The van der Waals surface area contributed by atoms with E-state index in [4.69, 9.17) is 15.9 Å². The second-order valence-corrected chi connectivity index (χ2v) is 8.17. The molecule has 0 saturated heterocycles. The van der Waals surface area contributed by atoms with Gasteiger partial charge < -0.3 is 35.8 Å². The molecule has 0 aliphatic carbocycles. The Morgan fingerprint density at radius 1 is 1.32 bits per heavy atom. The molecule has 0 spiro atoms. The van der Waals surface area contributed by atoms with E-state index in [1.165, 1.54) is 50.7 Å². The molecule has 1 aromatic heterocycles. The van der Waals surface area contributed by atoms with Crippen LogP contribution in [-0.2, 0) is 17.3 Å². The third kappa shape index (κ3) is 7.29. The minimum absolute atomic E-state index is 0.0225. The lowest BCUT2D eigenvalue weighted by Gasteiger charge is -2.24. The van der Waals surface area contributed by atoms with Crippen LogP contribution in [0.15, 0.2) is 42.7 Å². The van der Waals surface area contributed by atoms with Crippen LogP contribution in [0.2, 0.25) is 0 Å². The fraction of sp³-hybridized carbons (Fsp3) is 0.238. The number of aliphatic hydroxyl groups is 3. The van der Waals surface area contributed by atoms with Crippen LogP contribution < -0.4 is 15.2 Å². The van der Waals surface area contributed by atoms with Crippen LogP contribution in [0.4, 0.5) is 5.82 Å². The summed E-state index contributed by atoms with van der Waals surface area (Å²) in [5.41, 5.74) is 5.71. The van der Waals surface area contributed by atoms with Crippen LogP contribution >= 0.6 is 0 Å². The Balaban J connectivity index is 2.35. The molecule has 2 rings (SSSR count). The standard InChI is InChI=1S/C21H24N4O5S/c1-20(2,26)8-7-14-5-4-6-17(9-14)21(27,28)30-18-10-15(12-24-19(18)23)16(11-22)13-25-31(3)29/h4-6,9-13,22,25-28H,1-3H3,(H2,23,24)/b16-13+,22-11?. The summed E-state index contributed by atoms with van der Waals surface area (Å²) in [5, 5.41) is 38.3. The number of allylic oxidation sites excluding steroid dienone is 1. The number of hydrogen-bond acceptors (Lipinski definition) is 9. The molecule has 0 aliphatic rings. The molecule has 31 heavy (non-hydrogen) atoms. The van der Waals surface area contributed by atoms with Crippen molar-refractivity contribution in [2.45, 2.75) is 25.4 Å². The molecule has 0 fully saturated rings. The number of nitrogen functional groups attached to an aromatic ring is 1. The van der Waals surface area contributed by atoms with Gasteiger partial charge in [-0.3, -0.25) is 0 Å². The maximum Gasteiger partial charge on any atom is 0.351 e. The summed E-state index contributed by atoms with van der Waals surface area (Å²) in [6.07, 6.45) is 5.16. The molecular weight excluding hydrogens is 420 g/mol. The maximum absolute atomic E-state index is 11.2. The van der Waals surface area contributed by atoms with E-state index in [-0.39, 0.29) is 17.1 Å². The van der Waals surface area contributed by atoms with Gasteiger partial charge in [0, 0.05) is 29.1 Å². The van der Waals surface area contributed by atoms with Gasteiger partial charge in [-0.1, -0.05) is 17.9 Å². The third-order valence-corrected chi connectivity index (χ3v) is 4.20. The molecule has 0 amide bonds. The van der Waals surface area contributed by atoms with Gasteiger partial charge in [0.05, 0.1) is 23.1 Å². The van der Waals surface area contributed by atoms with Crippen molar-refractivity contribution in [3.8, 4) is 17.6 Å². The zero-order valence-electron chi connectivity index (χ0n) is 17.2. The minimum Gasteiger partial charge on any atom is -0.593 e. The number of ether oxygens (including phenoxy) is 1. The number of hydrogen-bond donors (Lipinski definition) is 6. The van der Waals surface area contributed by atoms with Gasteiger partial charge in [0.25, 0.3) is 0 Å². The van der Waals surface area contributed by atoms with Crippen LogP contribution in [-0.4, -0.2) is 42.9 Å². The van der Waals surface area contributed by atoms with E-state index < -0.39 is 22.9 Å². The van der Waals surface area contributed by atoms with Crippen LogP contribution in [0.5, 0.6) is 5.75 Å². The highest BCUT2D eigenvalue weighted by Gasteiger charge is 2.30. The van der Waals surface area contributed by atoms with Gasteiger partial charge >= 0.3 is 5.97 Å². The predicted octanol–water partition coefficient (Wildman–Crippen LogP) is 0.834. The summed E-state index contributed by atoms with van der Waals surface area (Å²) < 4.78 is 19.1. The molecule has 7 N–H and O–H groups in total. The van der Waals surface area contributed by atoms with Crippen molar-refractivity contribution < 1.29 is 24.6 Å². The lowest BCUT2D eigenvalue weighted by molar-refractivity contribution is -0.303. The monoisotopic (exact) mass is 444 g/mol. The summed E-state index contributed by atoms with van der Waals surface area (Å²) >= 11 is -1.33.